The maximum atomic E-state index is 15.6. The molecule has 0 N–H and O–H groups in total. The van der Waals surface area contributed by atoms with Crippen LogP contribution in [0, 0.1) is 0 Å². The van der Waals surface area contributed by atoms with Gasteiger partial charge in [-0.2, -0.15) is 0 Å². The molecular weight excluding hydrogens is 341 g/mol. The van der Waals surface area contributed by atoms with Crippen molar-refractivity contribution >= 4 is 24.3 Å². The lowest BCUT2D eigenvalue weighted by molar-refractivity contribution is 0.00578. The summed E-state index contributed by atoms with van der Waals surface area (Å²) in [7, 11) is 0.685. The lowest BCUT2D eigenvalue weighted by atomic mass is 9.82. The molecule has 1 fully saturated rings. The summed E-state index contributed by atoms with van der Waals surface area (Å²) in [6, 6.07) is 7.09. The second-order valence-corrected chi connectivity index (χ2v) is 7.56. The SMILES string of the molecule is Cn1ccnc1C(=C(F)B1OC(C)(C)C(C)(C)O1)c1ccccc1Cl. The first kappa shape index (κ1) is 18.2. The van der Waals surface area contributed by atoms with Crippen molar-refractivity contribution in [2.24, 2.45) is 7.05 Å². The highest BCUT2D eigenvalue weighted by molar-refractivity contribution is 6.55. The van der Waals surface area contributed by atoms with E-state index in [9.17, 15) is 0 Å². The van der Waals surface area contributed by atoms with Gasteiger partial charge < -0.3 is 13.9 Å². The first-order chi connectivity index (χ1) is 11.6. The first-order valence-corrected chi connectivity index (χ1v) is 8.50. The molecule has 132 valence electrons. The van der Waals surface area contributed by atoms with Gasteiger partial charge in [-0.25, -0.2) is 9.37 Å². The molecule has 0 unspecified atom stereocenters. The van der Waals surface area contributed by atoms with E-state index < -0.39 is 24.0 Å². The molecular formula is C18H21BClFN2O2. The third-order valence-electron chi connectivity index (χ3n) is 4.89. The lowest BCUT2D eigenvalue weighted by Gasteiger charge is -2.32. The van der Waals surface area contributed by atoms with Crippen LogP contribution in [0.3, 0.4) is 0 Å². The van der Waals surface area contributed by atoms with Crippen molar-refractivity contribution in [3.63, 3.8) is 0 Å². The van der Waals surface area contributed by atoms with Gasteiger partial charge in [-0.3, -0.25) is 0 Å². The zero-order chi connectivity index (χ0) is 18.4. The smallest absolute Gasteiger partial charge is 0.398 e. The average molecular weight is 363 g/mol. The zero-order valence-corrected chi connectivity index (χ0v) is 15.8. The largest absolute Gasteiger partial charge is 0.526 e. The minimum Gasteiger partial charge on any atom is -0.398 e. The molecule has 4 nitrogen and oxygen atoms in total. The number of aryl methyl sites for hydroxylation is 1. The van der Waals surface area contributed by atoms with E-state index in [1.54, 1.807) is 42.2 Å². The number of benzene rings is 1. The Morgan fingerprint density at radius 3 is 2.28 bits per heavy atom. The lowest BCUT2D eigenvalue weighted by Crippen LogP contribution is -2.41. The molecule has 7 heteroatoms. The van der Waals surface area contributed by atoms with Gasteiger partial charge in [-0.15, -0.1) is 0 Å². The van der Waals surface area contributed by atoms with Crippen LogP contribution >= 0.6 is 11.6 Å². The molecule has 3 rings (SSSR count). The van der Waals surface area contributed by atoms with Crippen LogP contribution in [0.15, 0.2) is 42.4 Å². The highest BCUT2D eigenvalue weighted by Crippen LogP contribution is 2.41. The first-order valence-electron chi connectivity index (χ1n) is 8.12. The molecule has 0 bridgehead atoms. The summed E-state index contributed by atoms with van der Waals surface area (Å²) in [6.07, 6.45) is 3.37. The van der Waals surface area contributed by atoms with Gasteiger partial charge in [0.15, 0.2) is 0 Å². The fraction of sp³-hybridized carbons (Fsp3) is 0.389. The Morgan fingerprint density at radius 2 is 1.76 bits per heavy atom. The summed E-state index contributed by atoms with van der Waals surface area (Å²) >= 11 is 6.33. The van der Waals surface area contributed by atoms with E-state index in [0.29, 0.717) is 16.4 Å². The molecule has 1 aromatic heterocycles. The van der Waals surface area contributed by atoms with Gasteiger partial charge in [0.2, 0.25) is 0 Å². The Balaban J connectivity index is 2.17. The third-order valence-corrected chi connectivity index (χ3v) is 5.22. The molecule has 0 radical (unpaired) electrons. The Morgan fingerprint density at radius 1 is 1.16 bits per heavy atom. The van der Waals surface area contributed by atoms with E-state index in [1.165, 1.54) is 0 Å². The van der Waals surface area contributed by atoms with E-state index in [-0.39, 0.29) is 5.57 Å². The molecule has 0 atom stereocenters. The molecule has 1 aliphatic rings. The molecule has 0 amide bonds. The third kappa shape index (κ3) is 3.14. The second-order valence-electron chi connectivity index (χ2n) is 7.15. The topological polar surface area (TPSA) is 36.3 Å². The van der Waals surface area contributed by atoms with Gasteiger partial charge in [-0.05, 0) is 33.8 Å². The van der Waals surface area contributed by atoms with Crippen molar-refractivity contribution in [1.82, 2.24) is 9.55 Å². The normalized spacial score (nSPS) is 19.9. The maximum absolute atomic E-state index is 15.6. The number of hydrogen-bond donors (Lipinski definition) is 0. The number of nitrogens with zero attached hydrogens (tertiary/aromatic N) is 2. The predicted molar refractivity (Wildman–Crippen MR) is 97.9 cm³/mol. The molecule has 1 saturated heterocycles. The van der Waals surface area contributed by atoms with Gasteiger partial charge in [0.05, 0.1) is 16.8 Å². The van der Waals surface area contributed by atoms with Crippen molar-refractivity contribution in [2.75, 3.05) is 0 Å². The Hall–Kier alpha value is -1.63. The van der Waals surface area contributed by atoms with Crippen molar-refractivity contribution in [1.29, 1.82) is 0 Å². The van der Waals surface area contributed by atoms with E-state index in [1.807, 2.05) is 33.8 Å². The van der Waals surface area contributed by atoms with Crippen LogP contribution in [0.2, 0.25) is 5.02 Å². The van der Waals surface area contributed by atoms with Crippen LogP contribution < -0.4 is 0 Å². The molecule has 25 heavy (non-hydrogen) atoms. The van der Waals surface area contributed by atoms with Crippen LogP contribution in [-0.4, -0.2) is 27.9 Å². The van der Waals surface area contributed by atoms with Crippen molar-refractivity contribution in [2.45, 2.75) is 38.9 Å². The number of rotatable bonds is 3. The van der Waals surface area contributed by atoms with E-state index in [0.717, 1.165) is 0 Å². The molecule has 0 spiro atoms. The summed E-state index contributed by atoms with van der Waals surface area (Å²) in [5.41, 5.74) is -0.992. The van der Waals surface area contributed by atoms with E-state index >= 15 is 4.39 Å². The molecule has 0 aliphatic carbocycles. The monoisotopic (exact) mass is 362 g/mol. The van der Waals surface area contributed by atoms with Crippen molar-refractivity contribution in [3.05, 3.63) is 58.8 Å². The zero-order valence-electron chi connectivity index (χ0n) is 15.0. The predicted octanol–water partition coefficient (Wildman–Crippen LogP) is 4.43. The van der Waals surface area contributed by atoms with Crippen molar-refractivity contribution in [3.8, 4) is 0 Å². The fourth-order valence-electron chi connectivity index (χ4n) is 2.69. The minimum absolute atomic E-state index is 0.275. The van der Waals surface area contributed by atoms with Crippen LogP contribution in [-0.2, 0) is 16.4 Å². The summed E-state index contributed by atoms with van der Waals surface area (Å²) in [5.74, 6) is 0.459. The van der Waals surface area contributed by atoms with Gasteiger partial charge in [0.1, 0.15) is 11.6 Å². The van der Waals surface area contributed by atoms with Crippen LogP contribution in [0.1, 0.15) is 39.1 Å². The molecule has 2 heterocycles. The highest BCUT2D eigenvalue weighted by Gasteiger charge is 2.54. The molecule has 1 aliphatic heterocycles. The molecule has 2 aromatic rings. The van der Waals surface area contributed by atoms with Gasteiger partial charge in [0, 0.05) is 30.0 Å². The van der Waals surface area contributed by atoms with E-state index in [2.05, 4.69) is 4.98 Å². The Labute approximate surface area is 152 Å². The van der Waals surface area contributed by atoms with Gasteiger partial charge >= 0.3 is 7.12 Å². The van der Waals surface area contributed by atoms with Gasteiger partial charge in [-0.1, -0.05) is 29.8 Å². The highest BCUT2D eigenvalue weighted by atomic mass is 35.5. The minimum atomic E-state index is -1.12. The summed E-state index contributed by atoms with van der Waals surface area (Å²) < 4.78 is 29.1. The molecule has 0 saturated carbocycles. The Kier molecular flexibility index (Phi) is 4.56. The standard InChI is InChI=1S/C18H21BClFN2O2/c1-17(2)18(3,4)25-19(24-17)15(21)14(16-22-10-11-23(16)5)12-8-6-7-9-13(12)20/h6-11H,1-5H3. The number of halogens is 2. The summed E-state index contributed by atoms with van der Waals surface area (Å²) in [6.45, 7) is 7.54. The van der Waals surface area contributed by atoms with Crippen LogP contribution in [0.4, 0.5) is 4.39 Å². The van der Waals surface area contributed by atoms with Crippen LogP contribution in [0.25, 0.3) is 5.57 Å². The number of aromatic nitrogens is 2. The van der Waals surface area contributed by atoms with Crippen molar-refractivity contribution < 1.29 is 13.7 Å². The average Bonchev–Trinajstić information content (AvgIpc) is 3.02. The maximum Gasteiger partial charge on any atom is 0.526 e. The second kappa shape index (κ2) is 6.27. The fourth-order valence-corrected chi connectivity index (χ4v) is 2.92. The van der Waals surface area contributed by atoms with Gasteiger partial charge in [0.25, 0.3) is 0 Å². The molecule has 1 aromatic carbocycles. The summed E-state index contributed by atoms with van der Waals surface area (Å²) in [5, 5.41) is 0.437. The summed E-state index contributed by atoms with van der Waals surface area (Å²) in [4.78, 5) is 4.29. The Bertz CT molecular complexity index is 816. The number of imidazole rings is 1. The van der Waals surface area contributed by atoms with E-state index in [4.69, 9.17) is 20.9 Å². The number of hydrogen-bond acceptors (Lipinski definition) is 3. The van der Waals surface area contributed by atoms with Crippen LogP contribution in [0.5, 0.6) is 0 Å². The quantitative estimate of drug-likeness (QED) is 0.758.